The number of rotatable bonds is 3. The third-order valence-electron chi connectivity index (χ3n) is 4.06. The van der Waals surface area contributed by atoms with Gasteiger partial charge in [-0.05, 0) is 77.6 Å². The zero-order valence-corrected chi connectivity index (χ0v) is 14.3. The van der Waals surface area contributed by atoms with Crippen molar-refractivity contribution in [2.45, 2.75) is 31.7 Å². The van der Waals surface area contributed by atoms with Crippen LogP contribution in [0.3, 0.4) is 0 Å². The fraction of sp³-hybridized carbons (Fsp3) is 0.294. The summed E-state index contributed by atoms with van der Waals surface area (Å²) in [5.41, 5.74) is 3.96. The molecule has 2 aromatic rings. The molecule has 104 valence electrons. The molecule has 1 saturated carbocycles. The summed E-state index contributed by atoms with van der Waals surface area (Å²) in [6.45, 7) is 2.20. The van der Waals surface area contributed by atoms with E-state index >= 15 is 0 Å². The molecule has 1 N–H and O–H groups in total. The summed E-state index contributed by atoms with van der Waals surface area (Å²) >= 11 is 8.55. The van der Waals surface area contributed by atoms with Gasteiger partial charge in [-0.2, -0.15) is 0 Å². The van der Waals surface area contributed by atoms with E-state index in [2.05, 4.69) is 71.2 Å². The van der Waals surface area contributed by atoms with E-state index in [1.54, 1.807) is 0 Å². The van der Waals surface area contributed by atoms with Gasteiger partial charge in [0.25, 0.3) is 0 Å². The highest BCUT2D eigenvalue weighted by Gasteiger charge is 2.31. The van der Waals surface area contributed by atoms with Gasteiger partial charge >= 0.3 is 0 Å². The first-order chi connectivity index (χ1) is 9.63. The van der Waals surface area contributed by atoms with Crippen LogP contribution in [-0.4, -0.2) is 6.04 Å². The number of benzene rings is 2. The molecule has 0 aliphatic heterocycles. The normalized spacial score (nSPS) is 21.4. The van der Waals surface area contributed by atoms with Crippen molar-refractivity contribution >= 4 is 39.9 Å². The molecule has 3 rings (SSSR count). The maximum absolute atomic E-state index is 6.27. The highest BCUT2D eigenvalue weighted by atomic mass is 127. The van der Waals surface area contributed by atoms with Gasteiger partial charge in [0.05, 0.1) is 10.7 Å². The van der Waals surface area contributed by atoms with Crippen molar-refractivity contribution < 1.29 is 0 Å². The van der Waals surface area contributed by atoms with Crippen LogP contribution in [0.4, 0.5) is 5.69 Å². The van der Waals surface area contributed by atoms with Crippen molar-refractivity contribution in [2.75, 3.05) is 5.32 Å². The summed E-state index contributed by atoms with van der Waals surface area (Å²) in [6.07, 6.45) is 2.38. The Morgan fingerprint density at radius 1 is 1.15 bits per heavy atom. The Kier molecular flexibility index (Phi) is 4.22. The summed E-state index contributed by atoms with van der Waals surface area (Å²) in [5, 5.41) is 4.37. The van der Waals surface area contributed by atoms with Crippen molar-refractivity contribution in [3.05, 3.63) is 62.2 Å². The molecule has 0 amide bonds. The molecule has 1 fully saturated rings. The number of nitrogens with one attached hydrogen (secondary N) is 1. The van der Waals surface area contributed by atoms with Crippen molar-refractivity contribution in [3.63, 3.8) is 0 Å². The van der Waals surface area contributed by atoms with Crippen LogP contribution in [0.2, 0.25) is 5.02 Å². The molecule has 0 radical (unpaired) electrons. The van der Waals surface area contributed by atoms with Gasteiger partial charge in [0, 0.05) is 9.61 Å². The molecule has 1 aliphatic carbocycles. The fourth-order valence-corrected chi connectivity index (χ4v) is 3.77. The molecule has 1 nitrogen and oxygen atoms in total. The van der Waals surface area contributed by atoms with Crippen LogP contribution in [-0.2, 0) is 0 Å². The van der Waals surface area contributed by atoms with E-state index in [1.807, 2.05) is 6.07 Å². The van der Waals surface area contributed by atoms with E-state index in [1.165, 1.54) is 27.5 Å². The van der Waals surface area contributed by atoms with Crippen LogP contribution in [0.1, 0.15) is 29.9 Å². The standard InChI is InChI=1S/C17H17ClIN/c1-11-4-2-3-5-15(11)12-8-14(9-12)20-17-7-6-13(19)10-16(17)18/h2-7,10,12,14,20H,8-9H2,1H3. The largest absolute Gasteiger partial charge is 0.381 e. The Labute approximate surface area is 138 Å². The molecule has 0 heterocycles. The van der Waals surface area contributed by atoms with Crippen LogP contribution in [0.5, 0.6) is 0 Å². The van der Waals surface area contributed by atoms with Crippen LogP contribution in [0.25, 0.3) is 0 Å². The van der Waals surface area contributed by atoms with Crippen LogP contribution in [0, 0.1) is 10.5 Å². The van der Waals surface area contributed by atoms with E-state index in [0.29, 0.717) is 12.0 Å². The second-order valence-electron chi connectivity index (χ2n) is 5.49. The van der Waals surface area contributed by atoms with Gasteiger partial charge in [0.15, 0.2) is 0 Å². The Bertz CT molecular complexity index is 620. The lowest BCUT2D eigenvalue weighted by Gasteiger charge is -2.37. The zero-order valence-electron chi connectivity index (χ0n) is 11.4. The van der Waals surface area contributed by atoms with Crippen molar-refractivity contribution in [3.8, 4) is 0 Å². The predicted molar refractivity (Wildman–Crippen MR) is 94.7 cm³/mol. The molecule has 0 unspecified atom stereocenters. The minimum Gasteiger partial charge on any atom is -0.381 e. The first kappa shape index (κ1) is 14.2. The molecule has 0 spiro atoms. The predicted octanol–water partition coefficient (Wildman–Crippen LogP) is 5.61. The van der Waals surface area contributed by atoms with E-state index in [-0.39, 0.29) is 0 Å². The van der Waals surface area contributed by atoms with E-state index < -0.39 is 0 Å². The lowest BCUT2D eigenvalue weighted by atomic mass is 9.74. The molecule has 1 aliphatic rings. The highest BCUT2D eigenvalue weighted by Crippen LogP contribution is 2.40. The monoisotopic (exact) mass is 397 g/mol. The highest BCUT2D eigenvalue weighted by molar-refractivity contribution is 14.1. The number of aryl methyl sites for hydroxylation is 1. The molecular formula is C17H17ClIN. The summed E-state index contributed by atoms with van der Waals surface area (Å²) in [7, 11) is 0. The average Bonchev–Trinajstić information content (AvgIpc) is 2.37. The topological polar surface area (TPSA) is 12.0 Å². The number of halogens is 2. The second kappa shape index (κ2) is 5.94. The minimum absolute atomic E-state index is 0.539. The van der Waals surface area contributed by atoms with Crippen molar-refractivity contribution in [2.24, 2.45) is 0 Å². The smallest absolute Gasteiger partial charge is 0.0648 e. The minimum atomic E-state index is 0.539. The molecule has 0 atom stereocenters. The molecular weight excluding hydrogens is 381 g/mol. The lowest BCUT2D eigenvalue weighted by Crippen LogP contribution is -2.34. The zero-order chi connectivity index (χ0) is 14.1. The van der Waals surface area contributed by atoms with E-state index in [0.717, 1.165) is 10.7 Å². The summed E-state index contributed by atoms with van der Waals surface area (Å²) in [6, 6.07) is 15.4. The van der Waals surface area contributed by atoms with Gasteiger partial charge in [-0.3, -0.25) is 0 Å². The van der Waals surface area contributed by atoms with E-state index in [4.69, 9.17) is 11.6 Å². The van der Waals surface area contributed by atoms with Crippen LogP contribution in [0.15, 0.2) is 42.5 Å². The van der Waals surface area contributed by atoms with Gasteiger partial charge < -0.3 is 5.32 Å². The van der Waals surface area contributed by atoms with Crippen molar-refractivity contribution in [1.82, 2.24) is 0 Å². The van der Waals surface area contributed by atoms with Crippen LogP contribution < -0.4 is 5.32 Å². The van der Waals surface area contributed by atoms with Gasteiger partial charge in [-0.1, -0.05) is 35.9 Å². The third kappa shape index (κ3) is 2.96. The van der Waals surface area contributed by atoms with E-state index in [9.17, 15) is 0 Å². The Morgan fingerprint density at radius 3 is 2.60 bits per heavy atom. The number of anilines is 1. The van der Waals surface area contributed by atoms with Gasteiger partial charge in [-0.15, -0.1) is 0 Å². The third-order valence-corrected chi connectivity index (χ3v) is 5.04. The summed E-state index contributed by atoms with van der Waals surface area (Å²) < 4.78 is 1.17. The first-order valence-corrected chi connectivity index (χ1v) is 8.36. The Morgan fingerprint density at radius 2 is 1.90 bits per heavy atom. The quantitative estimate of drug-likeness (QED) is 0.664. The van der Waals surface area contributed by atoms with Crippen LogP contribution >= 0.6 is 34.2 Å². The number of hydrogen-bond donors (Lipinski definition) is 1. The average molecular weight is 398 g/mol. The van der Waals surface area contributed by atoms with Gasteiger partial charge in [0.1, 0.15) is 0 Å². The molecule has 0 saturated heterocycles. The Hall–Kier alpha value is -0.740. The summed E-state index contributed by atoms with van der Waals surface area (Å²) in [4.78, 5) is 0. The molecule has 20 heavy (non-hydrogen) atoms. The van der Waals surface area contributed by atoms with Gasteiger partial charge in [0.2, 0.25) is 0 Å². The maximum Gasteiger partial charge on any atom is 0.0648 e. The Balaban J connectivity index is 1.62. The molecule has 2 aromatic carbocycles. The summed E-state index contributed by atoms with van der Waals surface area (Å²) in [5.74, 6) is 0.691. The lowest BCUT2D eigenvalue weighted by molar-refractivity contribution is 0.373. The SMILES string of the molecule is Cc1ccccc1C1CC(Nc2ccc(I)cc2Cl)C1. The van der Waals surface area contributed by atoms with Crippen molar-refractivity contribution in [1.29, 1.82) is 0 Å². The molecule has 0 aromatic heterocycles. The molecule has 0 bridgehead atoms. The molecule has 3 heteroatoms. The fourth-order valence-electron chi connectivity index (χ4n) is 2.86. The van der Waals surface area contributed by atoms with Gasteiger partial charge in [-0.25, -0.2) is 0 Å². The number of hydrogen-bond acceptors (Lipinski definition) is 1. The second-order valence-corrected chi connectivity index (χ2v) is 7.14. The first-order valence-electron chi connectivity index (χ1n) is 6.90. The maximum atomic E-state index is 6.27.